The molecule has 0 aliphatic carbocycles. The largest absolute Gasteiger partial charge is 0.396 e. The summed E-state index contributed by atoms with van der Waals surface area (Å²) in [7, 11) is 0. The molecule has 1 unspecified atom stereocenters. The number of fused-ring (bicyclic) bond motifs is 3. The zero-order valence-corrected chi connectivity index (χ0v) is 18.3. The minimum absolute atomic E-state index is 0.120. The van der Waals surface area contributed by atoms with Gasteiger partial charge in [-0.05, 0) is 18.2 Å². The summed E-state index contributed by atoms with van der Waals surface area (Å²) in [6, 6.07) is 5.46. The minimum atomic E-state index is -0.307. The van der Waals surface area contributed by atoms with Gasteiger partial charge in [0.25, 0.3) is 5.56 Å². The number of hydrogen-bond acceptors (Lipinski definition) is 8. The molecule has 1 aromatic carbocycles. The molecule has 0 amide bonds. The maximum Gasteiger partial charge on any atom is 0.277 e. The summed E-state index contributed by atoms with van der Waals surface area (Å²) < 4.78 is 14.2. The van der Waals surface area contributed by atoms with E-state index in [1.807, 2.05) is 6.07 Å². The Morgan fingerprint density at radius 3 is 2.81 bits per heavy atom. The number of benzene rings is 1. The van der Waals surface area contributed by atoms with Gasteiger partial charge in [-0.15, -0.1) is 0 Å². The average molecular weight is 459 g/mol. The van der Waals surface area contributed by atoms with Gasteiger partial charge in [0.2, 0.25) is 11.7 Å². The van der Waals surface area contributed by atoms with Crippen LogP contribution in [0, 0.1) is 0 Å². The van der Waals surface area contributed by atoms with Crippen LogP contribution in [0.4, 0.5) is 0 Å². The first kappa shape index (κ1) is 21.1. The van der Waals surface area contributed by atoms with Crippen LogP contribution in [-0.2, 0) is 11.3 Å². The fraction of sp³-hybridized carbons (Fsp3) is 0.429. The van der Waals surface area contributed by atoms with E-state index in [0.717, 1.165) is 24.1 Å². The minimum Gasteiger partial charge on any atom is -0.396 e. The van der Waals surface area contributed by atoms with Crippen LogP contribution in [0.15, 0.2) is 33.8 Å². The molecule has 168 valence electrons. The molecule has 1 saturated heterocycles. The summed E-state index contributed by atoms with van der Waals surface area (Å²) in [5, 5.41) is 13.9. The Morgan fingerprint density at radius 1 is 1.22 bits per heavy atom. The monoisotopic (exact) mass is 458 g/mol. The number of imidazole rings is 1. The van der Waals surface area contributed by atoms with E-state index < -0.39 is 0 Å². The third-order valence-corrected chi connectivity index (χ3v) is 6.03. The molecule has 5 rings (SSSR count). The standard InChI is InChI=1S/C21H23ClN6O4/c1-13(11-29)20-24-19(25-32-20)17-18-21(30)27(5-4-26-6-8-31-9-7-26)16-10-14(22)2-3-15(16)28(18)12-23-17/h2-3,10,12-13,29H,4-9,11H2,1H3. The molecular weight excluding hydrogens is 436 g/mol. The van der Waals surface area contributed by atoms with Gasteiger partial charge >= 0.3 is 0 Å². The second kappa shape index (κ2) is 8.62. The van der Waals surface area contributed by atoms with Crippen LogP contribution in [0.5, 0.6) is 0 Å². The van der Waals surface area contributed by atoms with E-state index in [1.165, 1.54) is 0 Å². The van der Waals surface area contributed by atoms with Crippen LogP contribution in [0.2, 0.25) is 5.02 Å². The van der Waals surface area contributed by atoms with Gasteiger partial charge in [-0.1, -0.05) is 23.7 Å². The summed E-state index contributed by atoms with van der Waals surface area (Å²) in [6.07, 6.45) is 1.58. The summed E-state index contributed by atoms with van der Waals surface area (Å²) in [5.74, 6) is 0.204. The van der Waals surface area contributed by atoms with E-state index in [0.29, 0.717) is 48.4 Å². The third kappa shape index (κ3) is 3.69. The van der Waals surface area contributed by atoms with Gasteiger partial charge in [0.15, 0.2) is 0 Å². The van der Waals surface area contributed by atoms with Crippen LogP contribution in [0.1, 0.15) is 18.7 Å². The van der Waals surface area contributed by atoms with E-state index in [9.17, 15) is 9.90 Å². The Kier molecular flexibility index (Phi) is 5.68. The van der Waals surface area contributed by atoms with E-state index in [2.05, 4.69) is 20.0 Å². The first-order valence-corrected chi connectivity index (χ1v) is 10.9. The lowest BCUT2D eigenvalue weighted by Crippen LogP contribution is -2.39. The van der Waals surface area contributed by atoms with E-state index >= 15 is 0 Å². The van der Waals surface area contributed by atoms with Gasteiger partial charge in [0, 0.05) is 31.2 Å². The van der Waals surface area contributed by atoms with Crippen molar-refractivity contribution < 1.29 is 14.4 Å². The van der Waals surface area contributed by atoms with Crippen molar-refractivity contribution in [3.8, 4) is 11.5 Å². The molecule has 4 aromatic rings. The lowest BCUT2D eigenvalue weighted by molar-refractivity contribution is 0.0364. The maximum atomic E-state index is 13.7. The van der Waals surface area contributed by atoms with Crippen molar-refractivity contribution in [1.82, 2.24) is 29.0 Å². The first-order chi connectivity index (χ1) is 15.6. The van der Waals surface area contributed by atoms with Crippen molar-refractivity contribution in [1.29, 1.82) is 0 Å². The molecule has 1 atom stereocenters. The van der Waals surface area contributed by atoms with Crippen molar-refractivity contribution in [2.45, 2.75) is 19.4 Å². The molecular formula is C21H23ClN6O4. The van der Waals surface area contributed by atoms with Gasteiger partial charge in [-0.3, -0.25) is 14.1 Å². The molecule has 1 fully saturated rings. The number of rotatable bonds is 6. The van der Waals surface area contributed by atoms with Crippen molar-refractivity contribution in [2.75, 3.05) is 39.5 Å². The quantitative estimate of drug-likeness (QED) is 0.465. The molecule has 0 spiro atoms. The Bertz CT molecular complexity index is 1320. The number of aliphatic hydroxyl groups is 1. The molecule has 3 aromatic heterocycles. The predicted molar refractivity (Wildman–Crippen MR) is 118 cm³/mol. The topological polar surface area (TPSA) is 111 Å². The molecule has 1 aliphatic rings. The zero-order valence-electron chi connectivity index (χ0n) is 17.6. The number of ether oxygens (including phenoxy) is 1. The number of halogens is 1. The summed E-state index contributed by atoms with van der Waals surface area (Å²) >= 11 is 6.27. The fourth-order valence-corrected chi connectivity index (χ4v) is 4.12. The highest BCUT2D eigenvalue weighted by Gasteiger charge is 2.22. The molecule has 1 aliphatic heterocycles. The van der Waals surface area contributed by atoms with Crippen LogP contribution in [0.3, 0.4) is 0 Å². The Morgan fingerprint density at radius 2 is 2.03 bits per heavy atom. The van der Waals surface area contributed by atoms with Crippen LogP contribution >= 0.6 is 11.6 Å². The van der Waals surface area contributed by atoms with Gasteiger partial charge in [-0.25, -0.2) is 4.98 Å². The van der Waals surface area contributed by atoms with Crippen molar-refractivity contribution in [2.24, 2.45) is 0 Å². The summed E-state index contributed by atoms with van der Waals surface area (Å²) in [5.41, 5.74) is 2.03. The highest BCUT2D eigenvalue weighted by molar-refractivity contribution is 6.31. The number of hydrogen-bond donors (Lipinski definition) is 1. The lowest BCUT2D eigenvalue weighted by Gasteiger charge is -2.27. The van der Waals surface area contributed by atoms with E-state index in [-0.39, 0.29) is 23.9 Å². The molecule has 10 nitrogen and oxygen atoms in total. The van der Waals surface area contributed by atoms with E-state index in [1.54, 1.807) is 34.4 Å². The molecule has 0 saturated carbocycles. The summed E-state index contributed by atoms with van der Waals surface area (Å²) in [4.78, 5) is 24.7. The maximum absolute atomic E-state index is 13.7. The number of aromatic nitrogens is 5. The van der Waals surface area contributed by atoms with Gasteiger partial charge in [0.1, 0.15) is 17.5 Å². The van der Waals surface area contributed by atoms with Gasteiger partial charge < -0.3 is 18.9 Å². The molecule has 0 bridgehead atoms. The zero-order chi connectivity index (χ0) is 22.2. The Balaban J connectivity index is 1.64. The van der Waals surface area contributed by atoms with Crippen LogP contribution < -0.4 is 5.56 Å². The van der Waals surface area contributed by atoms with Crippen molar-refractivity contribution in [3.63, 3.8) is 0 Å². The highest BCUT2D eigenvalue weighted by atomic mass is 35.5. The third-order valence-electron chi connectivity index (χ3n) is 5.80. The second-order valence-corrected chi connectivity index (χ2v) is 8.33. The number of nitrogens with zero attached hydrogens (tertiary/aromatic N) is 6. The van der Waals surface area contributed by atoms with Gasteiger partial charge in [-0.2, -0.15) is 4.98 Å². The van der Waals surface area contributed by atoms with Crippen LogP contribution in [-0.4, -0.2) is 73.6 Å². The Hall–Kier alpha value is -2.79. The second-order valence-electron chi connectivity index (χ2n) is 7.90. The summed E-state index contributed by atoms with van der Waals surface area (Å²) in [6.45, 7) is 5.93. The number of aliphatic hydroxyl groups excluding tert-OH is 1. The molecule has 0 radical (unpaired) electrons. The normalized spacial score (nSPS) is 16.2. The van der Waals surface area contributed by atoms with Crippen molar-refractivity contribution in [3.05, 3.63) is 45.8 Å². The Labute approximate surface area is 188 Å². The smallest absolute Gasteiger partial charge is 0.277 e. The van der Waals surface area contributed by atoms with Gasteiger partial charge in [0.05, 0.1) is 36.8 Å². The molecule has 4 heterocycles. The molecule has 11 heteroatoms. The van der Waals surface area contributed by atoms with Crippen molar-refractivity contribution >= 4 is 28.2 Å². The number of morpholine rings is 1. The van der Waals surface area contributed by atoms with E-state index in [4.69, 9.17) is 20.9 Å². The highest BCUT2D eigenvalue weighted by Crippen LogP contribution is 2.25. The molecule has 1 N–H and O–H groups in total. The van der Waals surface area contributed by atoms with Crippen LogP contribution in [0.25, 0.3) is 28.1 Å². The first-order valence-electron chi connectivity index (χ1n) is 10.5. The fourth-order valence-electron chi connectivity index (χ4n) is 3.95. The predicted octanol–water partition coefficient (Wildman–Crippen LogP) is 1.78. The molecule has 32 heavy (non-hydrogen) atoms. The SMILES string of the molecule is CC(CO)c1nc(-c2ncn3c2c(=O)n(CCN2CCOCC2)c2cc(Cl)ccc23)no1. The lowest BCUT2D eigenvalue weighted by atomic mass is 10.2. The average Bonchev–Trinajstić information content (AvgIpc) is 3.47.